The van der Waals surface area contributed by atoms with Crippen LogP contribution in [0, 0.1) is 5.92 Å². The molecule has 0 aromatic carbocycles. The number of hydrogen-bond acceptors (Lipinski definition) is 5. The minimum atomic E-state index is 0.633. The summed E-state index contributed by atoms with van der Waals surface area (Å²) in [7, 11) is 0. The highest BCUT2D eigenvalue weighted by molar-refractivity contribution is 7.16. The molecule has 0 spiro atoms. The first-order valence-electron chi connectivity index (χ1n) is 8.05. The summed E-state index contributed by atoms with van der Waals surface area (Å²) < 4.78 is 0. The zero-order valence-electron chi connectivity index (χ0n) is 12.3. The van der Waals surface area contributed by atoms with Crippen LogP contribution in [-0.2, 0) is 6.54 Å². The zero-order valence-corrected chi connectivity index (χ0v) is 13.1. The lowest BCUT2D eigenvalue weighted by atomic mass is 9.78. The summed E-state index contributed by atoms with van der Waals surface area (Å²) in [5, 5.41) is 3.04. The SMILES string of the molecule is Nc1nc(CN2CCCC3CCCCC32)nc2sccc12. The first-order valence-corrected chi connectivity index (χ1v) is 8.93. The number of thiophene rings is 1. The third-order valence-electron chi connectivity index (χ3n) is 5.10. The van der Waals surface area contributed by atoms with Gasteiger partial charge in [0.05, 0.1) is 11.9 Å². The second kappa shape index (κ2) is 5.54. The highest BCUT2D eigenvalue weighted by Gasteiger charge is 2.33. The monoisotopic (exact) mass is 302 g/mol. The number of likely N-dealkylation sites (tertiary alicyclic amines) is 1. The average molecular weight is 302 g/mol. The van der Waals surface area contributed by atoms with Crippen LogP contribution in [-0.4, -0.2) is 27.5 Å². The molecular formula is C16H22N4S. The minimum absolute atomic E-state index is 0.633. The van der Waals surface area contributed by atoms with Crippen molar-refractivity contribution in [2.45, 2.75) is 51.1 Å². The van der Waals surface area contributed by atoms with Gasteiger partial charge in [0, 0.05) is 6.04 Å². The van der Waals surface area contributed by atoms with Crippen LogP contribution in [0.15, 0.2) is 11.4 Å². The average Bonchev–Trinajstić information content (AvgIpc) is 2.97. The molecule has 2 aliphatic rings. The Balaban J connectivity index is 1.58. The maximum Gasteiger partial charge on any atom is 0.146 e. The quantitative estimate of drug-likeness (QED) is 0.923. The van der Waals surface area contributed by atoms with Gasteiger partial charge in [-0.05, 0) is 49.6 Å². The molecule has 1 aliphatic heterocycles. The van der Waals surface area contributed by atoms with Crippen molar-refractivity contribution in [2.24, 2.45) is 5.92 Å². The van der Waals surface area contributed by atoms with Crippen LogP contribution >= 0.6 is 11.3 Å². The highest BCUT2D eigenvalue weighted by Crippen LogP contribution is 2.36. The standard InChI is InChI=1S/C16H22N4S/c17-15-12-7-9-21-16(12)19-14(18-15)10-20-8-3-5-11-4-1-2-6-13(11)20/h7,9,11,13H,1-6,8,10H2,(H2,17,18,19). The van der Waals surface area contributed by atoms with Gasteiger partial charge in [0.1, 0.15) is 16.5 Å². The summed E-state index contributed by atoms with van der Waals surface area (Å²) >= 11 is 1.65. The van der Waals surface area contributed by atoms with E-state index in [1.54, 1.807) is 11.3 Å². The Morgan fingerprint density at radius 2 is 2.05 bits per heavy atom. The van der Waals surface area contributed by atoms with Gasteiger partial charge >= 0.3 is 0 Å². The molecule has 4 rings (SSSR count). The third-order valence-corrected chi connectivity index (χ3v) is 5.91. The van der Waals surface area contributed by atoms with E-state index in [1.165, 1.54) is 45.1 Å². The maximum atomic E-state index is 6.08. The Morgan fingerprint density at radius 3 is 3.00 bits per heavy atom. The molecule has 2 atom stereocenters. The van der Waals surface area contributed by atoms with Gasteiger partial charge in [-0.1, -0.05) is 12.8 Å². The number of piperidine rings is 1. The van der Waals surface area contributed by atoms with E-state index in [0.29, 0.717) is 5.82 Å². The summed E-state index contributed by atoms with van der Waals surface area (Å²) in [6.07, 6.45) is 8.28. The molecule has 2 unspecified atom stereocenters. The van der Waals surface area contributed by atoms with Gasteiger partial charge in [-0.2, -0.15) is 0 Å². The number of nitrogens with two attached hydrogens (primary N) is 1. The van der Waals surface area contributed by atoms with E-state index in [-0.39, 0.29) is 0 Å². The van der Waals surface area contributed by atoms with Crippen molar-refractivity contribution in [3.63, 3.8) is 0 Å². The van der Waals surface area contributed by atoms with Crippen LogP contribution in [0.4, 0.5) is 5.82 Å². The van der Waals surface area contributed by atoms with Crippen molar-refractivity contribution in [1.29, 1.82) is 0 Å². The van der Waals surface area contributed by atoms with Crippen LogP contribution < -0.4 is 5.73 Å². The Labute approximate surface area is 129 Å². The van der Waals surface area contributed by atoms with Gasteiger partial charge in [-0.3, -0.25) is 4.90 Å². The van der Waals surface area contributed by atoms with Crippen molar-refractivity contribution in [2.75, 3.05) is 12.3 Å². The zero-order chi connectivity index (χ0) is 14.2. The number of fused-ring (bicyclic) bond motifs is 2. The van der Waals surface area contributed by atoms with Crippen LogP contribution in [0.5, 0.6) is 0 Å². The van der Waals surface area contributed by atoms with Crippen LogP contribution in [0.25, 0.3) is 10.2 Å². The number of aromatic nitrogens is 2. The second-order valence-electron chi connectivity index (χ2n) is 6.39. The largest absolute Gasteiger partial charge is 0.383 e. The van der Waals surface area contributed by atoms with Crippen molar-refractivity contribution in [3.8, 4) is 0 Å². The lowest BCUT2D eigenvalue weighted by Gasteiger charge is -2.43. The first-order chi connectivity index (χ1) is 10.3. The van der Waals surface area contributed by atoms with E-state index in [2.05, 4.69) is 9.88 Å². The second-order valence-corrected chi connectivity index (χ2v) is 7.28. The normalized spacial score (nSPS) is 26.9. The van der Waals surface area contributed by atoms with Gasteiger partial charge in [-0.15, -0.1) is 11.3 Å². The maximum absolute atomic E-state index is 6.08. The Bertz CT molecular complexity index is 636. The van der Waals surface area contributed by atoms with Gasteiger partial charge in [0.2, 0.25) is 0 Å². The van der Waals surface area contributed by atoms with Crippen LogP contribution in [0.3, 0.4) is 0 Å². The molecule has 4 nitrogen and oxygen atoms in total. The van der Waals surface area contributed by atoms with Crippen molar-refractivity contribution >= 4 is 27.4 Å². The topological polar surface area (TPSA) is 55.0 Å². The summed E-state index contributed by atoms with van der Waals surface area (Å²) in [5.41, 5.74) is 6.08. The lowest BCUT2D eigenvalue weighted by molar-refractivity contribution is 0.0528. The molecule has 0 bridgehead atoms. The Morgan fingerprint density at radius 1 is 1.19 bits per heavy atom. The Kier molecular flexibility index (Phi) is 3.55. The fourth-order valence-corrected chi connectivity index (χ4v) is 4.89. The van der Waals surface area contributed by atoms with Gasteiger partial charge in [-0.25, -0.2) is 9.97 Å². The van der Waals surface area contributed by atoms with Crippen molar-refractivity contribution < 1.29 is 0 Å². The summed E-state index contributed by atoms with van der Waals surface area (Å²) in [5.74, 6) is 2.43. The van der Waals surface area contributed by atoms with Gasteiger partial charge < -0.3 is 5.73 Å². The van der Waals surface area contributed by atoms with E-state index in [4.69, 9.17) is 10.7 Å². The lowest BCUT2D eigenvalue weighted by Crippen LogP contribution is -2.46. The fourth-order valence-electron chi connectivity index (χ4n) is 4.10. The van der Waals surface area contributed by atoms with E-state index >= 15 is 0 Å². The molecular weight excluding hydrogens is 280 g/mol. The first kappa shape index (κ1) is 13.5. The van der Waals surface area contributed by atoms with Crippen LogP contribution in [0.2, 0.25) is 0 Å². The molecule has 1 saturated carbocycles. The molecule has 2 aromatic heterocycles. The third kappa shape index (κ3) is 2.53. The molecule has 1 aliphatic carbocycles. The molecule has 2 aromatic rings. The number of hydrogen-bond donors (Lipinski definition) is 1. The highest BCUT2D eigenvalue weighted by atomic mass is 32.1. The molecule has 1 saturated heterocycles. The molecule has 21 heavy (non-hydrogen) atoms. The predicted molar refractivity (Wildman–Crippen MR) is 87.2 cm³/mol. The van der Waals surface area contributed by atoms with Gasteiger partial charge in [0.15, 0.2) is 0 Å². The molecule has 0 radical (unpaired) electrons. The number of nitrogens with zero attached hydrogens (tertiary/aromatic N) is 3. The molecule has 112 valence electrons. The fraction of sp³-hybridized carbons (Fsp3) is 0.625. The number of nitrogen functional groups attached to an aromatic ring is 1. The summed E-state index contributed by atoms with van der Waals surface area (Å²) in [4.78, 5) is 12.9. The molecule has 2 N–H and O–H groups in total. The molecule has 5 heteroatoms. The Hall–Kier alpha value is -1.20. The number of rotatable bonds is 2. The van der Waals surface area contributed by atoms with Crippen molar-refractivity contribution in [3.05, 3.63) is 17.3 Å². The molecule has 3 heterocycles. The molecule has 0 amide bonds. The summed E-state index contributed by atoms with van der Waals surface area (Å²) in [6, 6.07) is 2.76. The molecule has 2 fully saturated rings. The van der Waals surface area contributed by atoms with E-state index in [1.807, 2.05) is 11.4 Å². The van der Waals surface area contributed by atoms with E-state index < -0.39 is 0 Å². The smallest absolute Gasteiger partial charge is 0.146 e. The summed E-state index contributed by atoms with van der Waals surface area (Å²) in [6.45, 7) is 2.05. The van der Waals surface area contributed by atoms with Gasteiger partial charge in [0.25, 0.3) is 0 Å². The van der Waals surface area contributed by atoms with E-state index in [9.17, 15) is 0 Å². The number of anilines is 1. The van der Waals surface area contributed by atoms with Crippen molar-refractivity contribution in [1.82, 2.24) is 14.9 Å². The minimum Gasteiger partial charge on any atom is -0.383 e. The van der Waals surface area contributed by atoms with Crippen LogP contribution in [0.1, 0.15) is 44.3 Å². The predicted octanol–water partition coefficient (Wildman–Crippen LogP) is 3.43. The van der Waals surface area contributed by atoms with E-state index in [0.717, 1.165) is 34.5 Å².